The normalized spacial score (nSPS) is 17.4. The Morgan fingerprint density at radius 1 is 0.827 bits per heavy atom. The van der Waals surface area contributed by atoms with Crippen LogP contribution in [0.25, 0.3) is 16.8 Å². The summed E-state index contributed by atoms with van der Waals surface area (Å²) in [5, 5.41) is 19.7. The second kappa shape index (κ2) is 13.8. The molecule has 1 atom stereocenters. The Hall–Kier alpha value is -5.65. The zero-order valence-corrected chi connectivity index (χ0v) is 29.1. The number of benzene rings is 3. The SMILES string of the molecule is CN(C(=O)c1cc(-c2cc3c(cc2C(=O)N2Cc4ccccc4C[C@H]2CN2CCOCC2)CN(C(=O)O)CC3)n2ccccc12)c1ccc(O)cc1. The number of nitrogens with zero attached hydrogens (tertiary/aromatic N) is 5. The molecule has 266 valence electrons. The fraction of sp³-hybridized carbons (Fsp3) is 0.293. The van der Waals surface area contributed by atoms with E-state index in [1.54, 1.807) is 36.2 Å². The minimum absolute atomic E-state index is 0.0833. The van der Waals surface area contributed by atoms with Crippen LogP contribution < -0.4 is 4.90 Å². The van der Waals surface area contributed by atoms with E-state index in [4.69, 9.17) is 4.74 Å². The summed E-state index contributed by atoms with van der Waals surface area (Å²) < 4.78 is 7.58. The Balaban J connectivity index is 1.25. The number of ether oxygens (including phenoxy) is 1. The Morgan fingerprint density at radius 2 is 1.58 bits per heavy atom. The lowest BCUT2D eigenvalue weighted by atomic mass is 9.89. The third-order valence-corrected chi connectivity index (χ3v) is 10.8. The van der Waals surface area contributed by atoms with Gasteiger partial charge in [0.25, 0.3) is 11.8 Å². The highest BCUT2D eigenvalue weighted by molar-refractivity contribution is 6.12. The molecule has 2 N–H and O–H groups in total. The number of hydrogen-bond acceptors (Lipinski definition) is 6. The summed E-state index contributed by atoms with van der Waals surface area (Å²) in [6, 6.07) is 26.1. The van der Waals surface area contributed by atoms with Crippen molar-refractivity contribution in [3.05, 3.63) is 125 Å². The van der Waals surface area contributed by atoms with Crippen molar-refractivity contribution in [2.45, 2.75) is 32.0 Å². The zero-order chi connectivity index (χ0) is 35.9. The number of morpholine rings is 1. The highest BCUT2D eigenvalue weighted by atomic mass is 16.5. The molecule has 1 saturated heterocycles. The maximum atomic E-state index is 15.2. The van der Waals surface area contributed by atoms with Crippen LogP contribution in [0.5, 0.6) is 5.75 Å². The second-order valence-electron chi connectivity index (χ2n) is 13.9. The van der Waals surface area contributed by atoms with Crippen LogP contribution in [0.1, 0.15) is 43.0 Å². The smallest absolute Gasteiger partial charge is 0.407 e. The van der Waals surface area contributed by atoms with Crippen LogP contribution in [0.3, 0.4) is 0 Å². The third-order valence-electron chi connectivity index (χ3n) is 10.8. The largest absolute Gasteiger partial charge is 0.508 e. The molecule has 11 heteroatoms. The number of aromatic hydroxyl groups is 1. The lowest BCUT2D eigenvalue weighted by molar-refractivity contribution is 0.0193. The number of aromatic nitrogens is 1. The molecule has 0 radical (unpaired) electrons. The van der Waals surface area contributed by atoms with Crippen molar-refractivity contribution in [1.82, 2.24) is 19.1 Å². The molecule has 0 spiro atoms. The van der Waals surface area contributed by atoms with Gasteiger partial charge in [-0.25, -0.2) is 4.79 Å². The summed E-state index contributed by atoms with van der Waals surface area (Å²) in [7, 11) is 1.70. The molecule has 3 amide bonds. The topological polar surface area (TPSA) is 118 Å². The summed E-state index contributed by atoms with van der Waals surface area (Å²) in [5.41, 5.74) is 7.82. The number of hydrogen-bond donors (Lipinski definition) is 2. The van der Waals surface area contributed by atoms with E-state index in [0.29, 0.717) is 72.9 Å². The molecule has 8 rings (SSSR count). The minimum Gasteiger partial charge on any atom is -0.508 e. The first-order chi connectivity index (χ1) is 25.2. The molecule has 0 saturated carbocycles. The van der Waals surface area contributed by atoms with Crippen molar-refractivity contribution in [3.63, 3.8) is 0 Å². The first-order valence-electron chi connectivity index (χ1n) is 17.7. The first-order valence-corrected chi connectivity index (χ1v) is 17.7. The highest BCUT2D eigenvalue weighted by Gasteiger charge is 2.35. The van der Waals surface area contributed by atoms with E-state index < -0.39 is 6.09 Å². The minimum atomic E-state index is -0.987. The van der Waals surface area contributed by atoms with Crippen molar-refractivity contribution in [2.24, 2.45) is 0 Å². The van der Waals surface area contributed by atoms with Gasteiger partial charge >= 0.3 is 6.09 Å². The van der Waals surface area contributed by atoms with Crippen molar-refractivity contribution in [1.29, 1.82) is 0 Å². The average Bonchev–Trinajstić information content (AvgIpc) is 3.56. The third kappa shape index (κ3) is 6.26. The van der Waals surface area contributed by atoms with E-state index in [-0.39, 0.29) is 30.2 Å². The standard InChI is InChI=1S/C41H41N5O6/c1-42(31-9-11-33(47)12-10-31)39(48)36-23-38(45-14-5-4-8-37(36)45)34-21-28-13-15-44(41(50)51)24-30(28)22-35(34)40(49)46-25-29-7-3-2-6-27(29)20-32(46)26-43-16-18-52-19-17-43/h2-12,14,21-23,32,47H,13,15-20,24-26H2,1H3,(H,50,51)/t32-/m0/s1. The van der Waals surface area contributed by atoms with E-state index in [9.17, 15) is 19.8 Å². The van der Waals surface area contributed by atoms with Crippen molar-refractivity contribution in [2.75, 3.05) is 51.3 Å². The molecule has 11 nitrogen and oxygen atoms in total. The van der Waals surface area contributed by atoms with Crippen molar-refractivity contribution in [3.8, 4) is 17.0 Å². The molecular formula is C41H41N5O6. The lowest BCUT2D eigenvalue weighted by Crippen LogP contribution is -2.52. The van der Waals surface area contributed by atoms with E-state index in [1.807, 2.05) is 64.0 Å². The number of rotatable bonds is 6. The van der Waals surface area contributed by atoms with Crippen molar-refractivity contribution >= 4 is 29.1 Å². The molecule has 5 aromatic rings. The van der Waals surface area contributed by atoms with E-state index >= 15 is 4.79 Å². The number of anilines is 1. The monoisotopic (exact) mass is 699 g/mol. The molecule has 3 aromatic carbocycles. The van der Waals surface area contributed by atoms with Gasteiger partial charge in [0.05, 0.1) is 30.0 Å². The Morgan fingerprint density at radius 3 is 2.35 bits per heavy atom. The van der Waals surface area contributed by atoms with E-state index in [0.717, 1.165) is 36.2 Å². The number of carbonyl (C=O) groups is 3. The van der Waals surface area contributed by atoms with Gasteiger partial charge < -0.3 is 34.1 Å². The van der Waals surface area contributed by atoms with Crippen LogP contribution in [-0.4, -0.2) is 99.7 Å². The first kappa shape index (κ1) is 33.5. The molecule has 3 aliphatic heterocycles. The number of carbonyl (C=O) groups excluding carboxylic acids is 2. The molecule has 0 bridgehead atoms. The molecule has 52 heavy (non-hydrogen) atoms. The van der Waals surface area contributed by atoms with Gasteiger partial charge in [0.15, 0.2) is 0 Å². The predicted octanol–water partition coefficient (Wildman–Crippen LogP) is 5.52. The van der Waals surface area contributed by atoms with Crippen LogP contribution in [0.15, 0.2) is 91.1 Å². The Kier molecular flexibility index (Phi) is 8.90. The van der Waals surface area contributed by atoms with Gasteiger partial charge in [0.1, 0.15) is 5.75 Å². The number of phenols is 1. The quantitative estimate of drug-likeness (QED) is 0.240. The van der Waals surface area contributed by atoms with Gasteiger partial charge in [-0.3, -0.25) is 14.5 Å². The van der Waals surface area contributed by atoms with E-state index in [2.05, 4.69) is 17.0 Å². The van der Waals surface area contributed by atoms with E-state index in [1.165, 1.54) is 10.5 Å². The van der Waals surface area contributed by atoms with Gasteiger partial charge in [-0.05, 0) is 89.7 Å². The van der Waals surface area contributed by atoms with Crippen molar-refractivity contribution < 1.29 is 29.3 Å². The van der Waals surface area contributed by atoms with Crippen LogP contribution >= 0.6 is 0 Å². The van der Waals surface area contributed by atoms with Gasteiger partial charge in [-0.15, -0.1) is 0 Å². The molecule has 0 unspecified atom stereocenters. The molecular weight excluding hydrogens is 658 g/mol. The fourth-order valence-electron chi connectivity index (χ4n) is 7.89. The summed E-state index contributed by atoms with van der Waals surface area (Å²) in [5.74, 6) is -0.249. The maximum absolute atomic E-state index is 15.2. The highest BCUT2D eigenvalue weighted by Crippen LogP contribution is 2.36. The Labute approximate surface area is 301 Å². The van der Waals surface area contributed by atoms with Gasteiger partial charge in [-0.2, -0.15) is 0 Å². The summed E-state index contributed by atoms with van der Waals surface area (Å²) >= 11 is 0. The molecule has 5 heterocycles. The van der Waals surface area contributed by atoms with Gasteiger partial charge in [0.2, 0.25) is 0 Å². The maximum Gasteiger partial charge on any atom is 0.407 e. The molecule has 2 aromatic heterocycles. The number of carboxylic acid groups (broad SMARTS) is 1. The van der Waals surface area contributed by atoms with Crippen LogP contribution in [0, 0.1) is 0 Å². The van der Waals surface area contributed by atoms with Crippen LogP contribution in [-0.2, 0) is 30.7 Å². The number of fused-ring (bicyclic) bond motifs is 3. The fourth-order valence-corrected chi connectivity index (χ4v) is 7.89. The average molecular weight is 700 g/mol. The molecule has 0 aliphatic carbocycles. The van der Waals surface area contributed by atoms with Crippen LogP contribution in [0.4, 0.5) is 10.5 Å². The zero-order valence-electron chi connectivity index (χ0n) is 29.1. The number of pyridine rings is 1. The van der Waals surface area contributed by atoms with Gasteiger partial charge in [-0.1, -0.05) is 30.3 Å². The summed E-state index contributed by atoms with van der Waals surface area (Å²) in [6.07, 6.45) is 2.15. The lowest BCUT2D eigenvalue weighted by Gasteiger charge is -2.41. The second-order valence-corrected chi connectivity index (χ2v) is 13.9. The number of amides is 3. The molecule has 3 aliphatic rings. The molecule has 1 fully saturated rings. The summed E-state index contributed by atoms with van der Waals surface area (Å²) in [4.78, 5) is 48.7. The van der Waals surface area contributed by atoms with Gasteiger partial charge in [0, 0.05) is 75.4 Å². The Bertz CT molecular complexity index is 2170. The number of phenolic OH excluding ortho intramolecular Hbond substituents is 1. The predicted molar refractivity (Wildman–Crippen MR) is 197 cm³/mol. The summed E-state index contributed by atoms with van der Waals surface area (Å²) in [6.45, 7) is 4.66. The van der Waals surface area contributed by atoms with Crippen LogP contribution in [0.2, 0.25) is 0 Å².